The first-order valence-corrected chi connectivity index (χ1v) is 13.6. The number of hydrogen-bond acceptors (Lipinski definition) is 2. The van der Waals surface area contributed by atoms with Crippen LogP contribution < -0.4 is 10.2 Å². The van der Waals surface area contributed by atoms with Crippen molar-refractivity contribution in [3.63, 3.8) is 0 Å². The van der Waals surface area contributed by atoms with E-state index in [1.54, 1.807) is 0 Å². The van der Waals surface area contributed by atoms with Gasteiger partial charge in [-0.3, -0.25) is 0 Å². The van der Waals surface area contributed by atoms with Crippen LogP contribution in [0, 0.1) is 20.8 Å². The van der Waals surface area contributed by atoms with Crippen LogP contribution in [0.15, 0.2) is 74.0 Å². The average Bonchev–Trinajstić information content (AvgIpc) is 3.36. The van der Waals surface area contributed by atoms with Crippen molar-refractivity contribution in [1.29, 1.82) is 0 Å². The first-order valence-electron chi connectivity index (χ1n) is 13.6. The van der Waals surface area contributed by atoms with E-state index in [0.717, 1.165) is 6.42 Å². The Balaban J connectivity index is 0.000000710. The summed E-state index contributed by atoms with van der Waals surface area (Å²) in [6.45, 7) is 25.3. The van der Waals surface area contributed by atoms with E-state index in [1.165, 1.54) is 55.9 Å². The van der Waals surface area contributed by atoms with Crippen molar-refractivity contribution >= 4 is 11.4 Å². The molecule has 0 saturated carbocycles. The van der Waals surface area contributed by atoms with Gasteiger partial charge in [-0.1, -0.05) is 89.6 Å². The van der Waals surface area contributed by atoms with Gasteiger partial charge in [0.1, 0.15) is 6.17 Å². The van der Waals surface area contributed by atoms with Crippen molar-refractivity contribution in [2.24, 2.45) is 0 Å². The van der Waals surface area contributed by atoms with Gasteiger partial charge in [-0.25, -0.2) is 0 Å². The van der Waals surface area contributed by atoms with Gasteiger partial charge >= 0.3 is 0 Å². The topological polar surface area (TPSA) is 15.3 Å². The van der Waals surface area contributed by atoms with Crippen molar-refractivity contribution in [3.05, 3.63) is 107 Å². The summed E-state index contributed by atoms with van der Waals surface area (Å²) in [5, 5.41) is 3.76. The molecule has 0 aromatic heterocycles. The van der Waals surface area contributed by atoms with Gasteiger partial charge in [0.25, 0.3) is 0 Å². The molecule has 2 atom stereocenters. The van der Waals surface area contributed by atoms with Crippen molar-refractivity contribution in [3.8, 4) is 11.1 Å². The molecule has 2 aliphatic rings. The maximum atomic E-state index is 3.76. The zero-order chi connectivity index (χ0) is 27.0. The molecule has 2 aliphatic heterocycles. The van der Waals surface area contributed by atoms with Crippen molar-refractivity contribution < 1.29 is 0 Å². The Kier molecular flexibility index (Phi) is 10.6. The number of hydrogen-bond donors (Lipinski definition) is 1. The smallest absolute Gasteiger partial charge is 0.131 e. The maximum Gasteiger partial charge on any atom is 0.131 e. The van der Waals surface area contributed by atoms with Crippen LogP contribution in [0.2, 0.25) is 0 Å². The van der Waals surface area contributed by atoms with Crippen LogP contribution >= 0.6 is 0 Å². The molecule has 3 aromatic rings. The average molecular weight is 483 g/mol. The predicted molar refractivity (Wildman–Crippen MR) is 162 cm³/mol. The monoisotopic (exact) mass is 482 g/mol. The summed E-state index contributed by atoms with van der Waals surface area (Å²) < 4.78 is 0. The molecule has 0 aliphatic carbocycles. The molecular weight excluding hydrogens is 436 g/mol. The Bertz CT molecular complexity index is 1170. The third kappa shape index (κ3) is 5.14. The molecule has 0 fully saturated rings. The van der Waals surface area contributed by atoms with Crippen LogP contribution in [0.1, 0.15) is 93.4 Å². The molecule has 2 nitrogen and oxygen atoms in total. The fraction of sp³-hybridized carbons (Fsp3) is 0.353. The first kappa shape index (κ1) is 29.0. The van der Waals surface area contributed by atoms with Crippen LogP contribution in [-0.2, 0) is 0 Å². The van der Waals surface area contributed by atoms with Gasteiger partial charge in [0.05, 0.1) is 11.4 Å². The summed E-state index contributed by atoms with van der Waals surface area (Å²) in [6, 6.07) is 20.3. The number of nitrogens with zero attached hydrogens (tertiary/aromatic N) is 1. The van der Waals surface area contributed by atoms with E-state index in [0.29, 0.717) is 5.92 Å². The molecule has 1 N–H and O–H groups in total. The molecule has 192 valence electrons. The fourth-order valence-electron chi connectivity index (χ4n) is 5.18. The van der Waals surface area contributed by atoms with Crippen molar-refractivity contribution in [2.45, 2.75) is 80.8 Å². The van der Waals surface area contributed by atoms with Crippen molar-refractivity contribution in [2.75, 3.05) is 4.90 Å². The minimum Gasteiger partial charge on any atom is -0.365 e. The van der Waals surface area contributed by atoms with Gasteiger partial charge in [0.15, 0.2) is 0 Å². The van der Waals surface area contributed by atoms with E-state index in [-0.39, 0.29) is 6.17 Å². The SMILES string of the molecule is C=C.CC.CC.CCC(C)c1cccc2c1C1NC=C(c3c(C)cccc3C)N1c1ccc(C)cc1-2. The van der Waals surface area contributed by atoms with Crippen LogP contribution in [-0.4, -0.2) is 0 Å². The van der Waals surface area contributed by atoms with E-state index in [2.05, 4.69) is 119 Å². The van der Waals surface area contributed by atoms with E-state index in [9.17, 15) is 0 Å². The van der Waals surface area contributed by atoms with Crippen LogP contribution in [0.5, 0.6) is 0 Å². The van der Waals surface area contributed by atoms with Crippen LogP contribution in [0.4, 0.5) is 5.69 Å². The second kappa shape index (κ2) is 13.2. The normalized spacial score (nSPS) is 15.1. The molecule has 2 heteroatoms. The quantitative estimate of drug-likeness (QED) is 0.374. The summed E-state index contributed by atoms with van der Waals surface area (Å²) in [6.07, 6.45) is 3.50. The third-order valence-electron chi connectivity index (χ3n) is 6.89. The summed E-state index contributed by atoms with van der Waals surface area (Å²) in [4.78, 5) is 2.53. The highest BCUT2D eigenvalue weighted by Gasteiger charge is 2.39. The number of nitrogens with one attached hydrogen (secondary N) is 1. The highest BCUT2D eigenvalue weighted by Crippen LogP contribution is 2.52. The largest absolute Gasteiger partial charge is 0.365 e. The molecule has 36 heavy (non-hydrogen) atoms. The molecule has 0 amide bonds. The van der Waals surface area contributed by atoms with Crippen LogP contribution in [0.3, 0.4) is 0 Å². The van der Waals surface area contributed by atoms with E-state index >= 15 is 0 Å². The minimum atomic E-state index is 0.134. The zero-order valence-corrected chi connectivity index (χ0v) is 24.0. The summed E-state index contributed by atoms with van der Waals surface area (Å²) in [5.74, 6) is 0.527. The zero-order valence-electron chi connectivity index (χ0n) is 24.0. The summed E-state index contributed by atoms with van der Waals surface area (Å²) in [5.41, 5.74) is 13.4. The van der Waals surface area contributed by atoms with E-state index < -0.39 is 0 Å². The third-order valence-corrected chi connectivity index (χ3v) is 6.89. The molecule has 0 radical (unpaired) electrons. The summed E-state index contributed by atoms with van der Waals surface area (Å²) in [7, 11) is 0. The van der Waals surface area contributed by atoms with Crippen molar-refractivity contribution in [1.82, 2.24) is 5.32 Å². The Morgan fingerprint density at radius 1 is 0.861 bits per heavy atom. The number of fused-ring (bicyclic) bond motifs is 6. The molecule has 0 spiro atoms. The van der Waals surface area contributed by atoms with E-state index in [1.807, 2.05) is 27.7 Å². The molecule has 3 aromatic carbocycles. The number of aryl methyl sites for hydroxylation is 3. The Hall–Kier alpha value is -3.26. The van der Waals surface area contributed by atoms with Gasteiger partial charge < -0.3 is 10.2 Å². The Labute approximate surface area is 220 Å². The molecule has 0 bridgehead atoms. The molecular formula is C34H46N2. The van der Waals surface area contributed by atoms with Gasteiger partial charge in [-0.2, -0.15) is 0 Å². The summed E-state index contributed by atoms with van der Waals surface area (Å²) >= 11 is 0. The molecule has 2 unspecified atom stereocenters. The second-order valence-electron chi connectivity index (χ2n) is 8.87. The first-order chi connectivity index (χ1) is 17.5. The molecule has 2 heterocycles. The Morgan fingerprint density at radius 3 is 2.08 bits per heavy atom. The highest BCUT2D eigenvalue weighted by molar-refractivity contribution is 5.95. The van der Waals surface area contributed by atoms with E-state index in [4.69, 9.17) is 0 Å². The Morgan fingerprint density at radius 2 is 1.47 bits per heavy atom. The predicted octanol–water partition coefficient (Wildman–Crippen LogP) is 10.1. The number of rotatable bonds is 3. The number of benzene rings is 3. The lowest BCUT2D eigenvalue weighted by molar-refractivity contribution is 0.635. The second-order valence-corrected chi connectivity index (χ2v) is 8.87. The highest BCUT2D eigenvalue weighted by atomic mass is 15.3. The van der Waals surface area contributed by atoms with Crippen LogP contribution in [0.25, 0.3) is 16.8 Å². The van der Waals surface area contributed by atoms with Gasteiger partial charge in [-0.15, -0.1) is 13.2 Å². The molecule has 5 rings (SSSR count). The lowest BCUT2D eigenvalue weighted by atomic mass is 9.83. The number of anilines is 1. The minimum absolute atomic E-state index is 0.134. The lowest BCUT2D eigenvalue weighted by Gasteiger charge is -2.39. The lowest BCUT2D eigenvalue weighted by Crippen LogP contribution is -2.33. The maximum absolute atomic E-state index is 3.76. The van der Waals surface area contributed by atoms with Gasteiger partial charge in [-0.05, 0) is 67.5 Å². The van der Waals surface area contributed by atoms with Gasteiger partial charge in [0.2, 0.25) is 0 Å². The molecule has 0 saturated heterocycles. The van der Waals surface area contributed by atoms with Gasteiger partial charge in [0, 0.05) is 22.9 Å². The fourth-order valence-corrected chi connectivity index (χ4v) is 5.18. The standard InChI is InChI=1S/C28H30N2.2C2H6.C2H4/c1-6-18(3)21-11-8-12-22-23-15-17(2)13-14-24(23)30-25(16-29-28(30)27(21)22)26-19(4)9-7-10-20(26)5;3*1-2/h7-16,18,28-29H,6H2,1-5H3;2*1-2H3;1-2H2.